The van der Waals surface area contributed by atoms with E-state index in [1.807, 2.05) is 20.8 Å². The van der Waals surface area contributed by atoms with Crippen LogP contribution in [-0.2, 0) is 10.0 Å². The van der Waals surface area contributed by atoms with Crippen molar-refractivity contribution in [3.8, 4) is 0 Å². The van der Waals surface area contributed by atoms with Crippen molar-refractivity contribution in [2.75, 3.05) is 18.8 Å². The maximum Gasteiger partial charge on any atom is 0.214 e. The van der Waals surface area contributed by atoms with Gasteiger partial charge in [0.1, 0.15) is 0 Å². The molecular weight excluding hydrogens is 212 g/mol. The van der Waals surface area contributed by atoms with E-state index in [1.54, 1.807) is 4.31 Å². The normalized spacial score (nSPS) is 27.9. The van der Waals surface area contributed by atoms with Gasteiger partial charge in [-0.25, -0.2) is 12.7 Å². The van der Waals surface area contributed by atoms with Gasteiger partial charge in [-0.15, -0.1) is 0 Å². The largest absolute Gasteiger partial charge is 0.327 e. The monoisotopic (exact) mass is 234 g/mol. The SMILES string of the molecule is CCCS(=O)(=O)N1CCC(N)C(C)(C)C1. The Kier molecular flexibility index (Phi) is 3.79. The minimum Gasteiger partial charge on any atom is -0.327 e. The summed E-state index contributed by atoms with van der Waals surface area (Å²) in [5.41, 5.74) is 5.86. The average molecular weight is 234 g/mol. The molecule has 1 aliphatic rings. The van der Waals surface area contributed by atoms with Crippen molar-refractivity contribution in [2.45, 2.75) is 39.7 Å². The second-order valence-electron chi connectivity index (χ2n) is 5.03. The molecule has 0 aromatic carbocycles. The van der Waals surface area contributed by atoms with Crippen LogP contribution in [0.4, 0.5) is 0 Å². The predicted octanol–water partition coefficient (Wildman–Crippen LogP) is 0.785. The molecule has 0 amide bonds. The van der Waals surface area contributed by atoms with E-state index in [9.17, 15) is 8.42 Å². The third-order valence-electron chi connectivity index (χ3n) is 3.13. The summed E-state index contributed by atoms with van der Waals surface area (Å²) in [7, 11) is -3.05. The van der Waals surface area contributed by atoms with E-state index in [4.69, 9.17) is 5.73 Å². The molecule has 1 fully saturated rings. The number of hydrogen-bond donors (Lipinski definition) is 1. The van der Waals surface area contributed by atoms with Gasteiger partial charge in [0.2, 0.25) is 10.0 Å². The van der Waals surface area contributed by atoms with Gasteiger partial charge in [0.25, 0.3) is 0 Å². The van der Waals surface area contributed by atoms with Crippen LogP contribution in [-0.4, -0.2) is 37.6 Å². The van der Waals surface area contributed by atoms with Gasteiger partial charge < -0.3 is 5.73 Å². The third-order valence-corrected chi connectivity index (χ3v) is 5.16. The molecule has 0 spiro atoms. The lowest BCUT2D eigenvalue weighted by Crippen LogP contribution is -2.54. The van der Waals surface area contributed by atoms with Crippen LogP contribution in [0.5, 0.6) is 0 Å². The highest BCUT2D eigenvalue weighted by Crippen LogP contribution is 2.29. The molecule has 1 rings (SSSR count). The molecule has 0 aliphatic carbocycles. The van der Waals surface area contributed by atoms with E-state index < -0.39 is 10.0 Å². The van der Waals surface area contributed by atoms with Crippen LogP contribution in [0.3, 0.4) is 0 Å². The number of hydrogen-bond acceptors (Lipinski definition) is 3. The Balaban J connectivity index is 2.75. The van der Waals surface area contributed by atoms with Gasteiger partial charge in [0, 0.05) is 19.1 Å². The molecule has 0 saturated carbocycles. The van der Waals surface area contributed by atoms with Crippen molar-refractivity contribution < 1.29 is 8.42 Å². The van der Waals surface area contributed by atoms with Crippen molar-refractivity contribution in [3.05, 3.63) is 0 Å². The van der Waals surface area contributed by atoms with Gasteiger partial charge in [-0.05, 0) is 18.3 Å². The number of nitrogens with zero attached hydrogens (tertiary/aromatic N) is 1. The molecule has 2 N–H and O–H groups in total. The lowest BCUT2D eigenvalue weighted by molar-refractivity contribution is 0.155. The Morgan fingerprint density at radius 1 is 1.47 bits per heavy atom. The average Bonchev–Trinajstić information content (AvgIpc) is 2.09. The molecule has 1 aliphatic heterocycles. The van der Waals surface area contributed by atoms with Crippen LogP contribution in [0.15, 0.2) is 0 Å². The number of piperidine rings is 1. The van der Waals surface area contributed by atoms with Gasteiger partial charge in [-0.2, -0.15) is 0 Å². The van der Waals surface area contributed by atoms with E-state index in [-0.39, 0.29) is 17.2 Å². The molecule has 15 heavy (non-hydrogen) atoms. The maximum absolute atomic E-state index is 11.9. The highest BCUT2D eigenvalue weighted by atomic mass is 32.2. The summed E-state index contributed by atoms with van der Waals surface area (Å²) in [5, 5.41) is 0. The van der Waals surface area contributed by atoms with Crippen LogP contribution in [0.1, 0.15) is 33.6 Å². The summed E-state index contributed by atoms with van der Waals surface area (Å²) in [6.07, 6.45) is 1.43. The second-order valence-corrected chi connectivity index (χ2v) is 7.12. The molecule has 4 nitrogen and oxygen atoms in total. The summed E-state index contributed by atoms with van der Waals surface area (Å²) in [5.74, 6) is 0.248. The first-order valence-electron chi connectivity index (χ1n) is 5.53. The van der Waals surface area contributed by atoms with E-state index in [1.165, 1.54) is 0 Å². The Morgan fingerprint density at radius 3 is 2.53 bits per heavy atom. The van der Waals surface area contributed by atoms with Gasteiger partial charge in [-0.1, -0.05) is 20.8 Å². The van der Waals surface area contributed by atoms with Gasteiger partial charge in [-0.3, -0.25) is 0 Å². The molecule has 1 unspecified atom stereocenters. The lowest BCUT2D eigenvalue weighted by Gasteiger charge is -2.41. The molecule has 5 heteroatoms. The standard InChI is InChI=1S/C10H22N2O2S/c1-4-7-15(13,14)12-6-5-9(11)10(2,3)8-12/h9H,4-8,11H2,1-3H3. The Labute approximate surface area is 92.9 Å². The van der Waals surface area contributed by atoms with Crippen LogP contribution in [0.25, 0.3) is 0 Å². The summed E-state index contributed by atoms with van der Waals surface area (Å²) in [6, 6.07) is 0.102. The van der Waals surface area contributed by atoms with E-state index in [0.29, 0.717) is 19.5 Å². The third kappa shape index (κ3) is 2.92. The number of nitrogens with two attached hydrogens (primary N) is 1. The zero-order valence-electron chi connectivity index (χ0n) is 9.86. The first-order chi connectivity index (χ1) is 6.79. The molecule has 0 aromatic heterocycles. The quantitative estimate of drug-likeness (QED) is 0.785. The van der Waals surface area contributed by atoms with Crippen LogP contribution >= 0.6 is 0 Å². The Hall–Kier alpha value is -0.130. The molecule has 1 saturated heterocycles. The fraction of sp³-hybridized carbons (Fsp3) is 1.00. The molecule has 0 radical (unpaired) electrons. The summed E-state index contributed by atoms with van der Waals surface area (Å²) in [6.45, 7) is 7.08. The van der Waals surface area contributed by atoms with Crippen LogP contribution in [0, 0.1) is 5.41 Å². The minimum atomic E-state index is -3.05. The molecular formula is C10H22N2O2S. The van der Waals surface area contributed by atoms with E-state index in [2.05, 4.69) is 0 Å². The fourth-order valence-corrected chi connectivity index (χ4v) is 3.64. The molecule has 0 aromatic rings. The topological polar surface area (TPSA) is 63.4 Å². The van der Waals surface area contributed by atoms with Crippen molar-refractivity contribution in [2.24, 2.45) is 11.1 Å². The number of sulfonamides is 1. The van der Waals surface area contributed by atoms with Crippen molar-refractivity contribution in [1.29, 1.82) is 0 Å². The van der Waals surface area contributed by atoms with Crippen molar-refractivity contribution in [3.63, 3.8) is 0 Å². The van der Waals surface area contributed by atoms with Crippen LogP contribution in [0.2, 0.25) is 0 Å². The maximum atomic E-state index is 11.9. The zero-order chi connectivity index (χ0) is 11.7. The Bertz CT molecular complexity index is 311. The fourth-order valence-electron chi connectivity index (χ4n) is 1.95. The van der Waals surface area contributed by atoms with Gasteiger partial charge in [0.15, 0.2) is 0 Å². The van der Waals surface area contributed by atoms with Crippen molar-refractivity contribution in [1.82, 2.24) is 4.31 Å². The zero-order valence-corrected chi connectivity index (χ0v) is 10.7. The summed E-state index contributed by atoms with van der Waals surface area (Å²) in [4.78, 5) is 0. The van der Waals surface area contributed by atoms with Gasteiger partial charge in [0.05, 0.1) is 5.75 Å². The molecule has 0 bridgehead atoms. The van der Waals surface area contributed by atoms with Crippen molar-refractivity contribution >= 4 is 10.0 Å². The van der Waals surface area contributed by atoms with Gasteiger partial charge >= 0.3 is 0 Å². The molecule has 1 heterocycles. The smallest absolute Gasteiger partial charge is 0.214 e. The highest BCUT2D eigenvalue weighted by Gasteiger charge is 2.37. The predicted molar refractivity (Wildman–Crippen MR) is 62.0 cm³/mol. The number of rotatable bonds is 3. The Morgan fingerprint density at radius 2 is 2.07 bits per heavy atom. The van der Waals surface area contributed by atoms with E-state index in [0.717, 1.165) is 6.42 Å². The summed E-state index contributed by atoms with van der Waals surface area (Å²) < 4.78 is 25.3. The first-order valence-corrected chi connectivity index (χ1v) is 7.14. The molecule has 1 atom stereocenters. The molecule has 90 valence electrons. The second kappa shape index (κ2) is 4.39. The minimum absolute atomic E-state index is 0.102. The lowest BCUT2D eigenvalue weighted by atomic mass is 9.81. The summed E-state index contributed by atoms with van der Waals surface area (Å²) >= 11 is 0. The first kappa shape index (κ1) is 12.9. The van der Waals surface area contributed by atoms with Crippen LogP contribution < -0.4 is 5.73 Å². The highest BCUT2D eigenvalue weighted by molar-refractivity contribution is 7.89. The van der Waals surface area contributed by atoms with E-state index >= 15 is 0 Å².